The van der Waals surface area contributed by atoms with Crippen LogP contribution in [0.1, 0.15) is 31.1 Å². The van der Waals surface area contributed by atoms with Crippen LogP contribution in [0.4, 0.5) is 4.39 Å². The van der Waals surface area contributed by atoms with E-state index in [0.717, 1.165) is 29.6 Å². The minimum atomic E-state index is -3.13. The number of halogens is 1. The number of hydrogen-bond donors (Lipinski definition) is 2. The second-order valence-electron chi connectivity index (χ2n) is 6.93. The Balaban J connectivity index is 1.57. The van der Waals surface area contributed by atoms with E-state index in [9.17, 15) is 12.8 Å². The van der Waals surface area contributed by atoms with Gasteiger partial charge in [0.15, 0.2) is 5.96 Å². The number of aliphatic imine (C=N–C) groups is 1. The maximum absolute atomic E-state index is 13.5. The molecule has 2 aromatic rings. The molecule has 1 aromatic heterocycles. The number of guanidine groups is 1. The van der Waals surface area contributed by atoms with E-state index in [1.807, 2.05) is 6.92 Å². The molecule has 28 heavy (non-hydrogen) atoms. The maximum Gasteiger partial charge on any atom is 0.213 e. The van der Waals surface area contributed by atoms with Gasteiger partial charge in [-0.15, -0.1) is 0 Å². The summed E-state index contributed by atoms with van der Waals surface area (Å²) in [6, 6.07) is 4.64. The first kappa shape index (κ1) is 20.6. The van der Waals surface area contributed by atoms with Crippen molar-refractivity contribution in [1.29, 1.82) is 0 Å². The molecule has 1 aliphatic rings. The molecule has 1 aliphatic heterocycles. The van der Waals surface area contributed by atoms with Gasteiger partial charge in [0.25, 0.3) is 0 Å². The van der Waals surface area contributed by atoms with E-state index in [4.69, 9.17) is 4.42 Å². The van der Waals surface area contributed by atoms with Crippen LogP contribution in [0.3, 0.4) is 0 Å². The summed E-state index contributed by atoms with van der Waals surface area (Å²) in [6.45, 7) is 5.02. The van der Waals surface area contributed by atoms with Gasteiger partial charge >= 0.3 is 0 Å². The quantitative estimate of drug-likeness (QED) is 0.584. The first-order valence-corrected chi connectivity index (χ1v) is 11.1. The van der Waals surface area contributed by atoms with Crippen LogP contribution >= 0.6 is 0 Å². The van der Waals surface area contributed by atoms with Gasteiger partial charge < -0.3 is 15.1 Å². The minimum Gasteiger partial charge on any atom is -0.459 e. The van der Waals surface area contributed by atoms with Crippen LogP contribution in [0, 0.1) is 12.7 Å². The van der Waals surface area contributed by atoms with Gasteiger partial charge in [-0.05, 0) is 44.9 Å². The molecule has 0 saturated carbocycles. The molecule has 0 radical (unpaired) electrons. The summed E-state index contributed by atoms with van der Waals surface area (Å²) in [5.41, 5.74) is 1.55. The molecule has 0 atom stereocenters. The number of benzene rings is 1. The van der Waals surface area contributed by atoms with Crippen LogP contribution in [0.5, 0.6) is 0 Å². The van der Waals surface area contributed by atoms with Gasteiger partial charge in [-0.25, -0.2) is 17.1 Å². The molecule has 0 unspecified atom stereocenters. The topological polar surface area (TPSA) is 86.9 Å². The van der Waals surface area contributed by atoms with Crippen LogP contribution in [-0.4, -0.2) is 50.6 Å². The van der Waals surface area contributed by atoms with Crippen molar-refractivity contribution in [2.75, 3.05) is 25.9 Å². The Morgan fingerprint density at radius 3 is 2.71 bits per heavy atom. The summed E-state index contributed by atoms with van der Waals surface area (Å²) in [7, 11) is -1.44. The van der Waals surface area contributed by atoms with Crippen molar-refractivity contribution in [2.24, 2.45) is 4.99 Å². The lowest BCUT2D eigenvalue weighted by Gasteiger charge is -2.32. The lowest BCUT2D eigenvalue weighted by molar-refractivity contribution is 0.306. The number of nitrogens with zero attached hydrogens (tertiary/aromatic N) is 2. The zero-order chi connectivity index (χ0) is 20.3. The van der Waals surface area contributed by atoms with Crippen molar-refractivity contribution in [2.45, 2.75) is 39.3 Å². The predicted octanol–water partition coefficient (Wildman–Crippen LogP) is 2.36. The van der Waals surface area contributed by atoms with Crippen molar-refractivity contribution in [1.82, 2.24) is 14.9 Å². The van der Waals surface area contributed by atoms with E-state index in [0.29, 0.717) is 31.2 Å². The Morgan fingerprint density at radius 1 is 1.36 bits per heavy atom. The van der Waals surface area contributed by atoms with Crippen molar-refractivity contribution < 1.29 is 17.2 Å². The molecule has 2 heterocycles. The van der Waals surface area contributed by atoms with Gasteiger partial charge in [-0.2, -0.15) is 0 Å². The third-order valence-electron chi connectivity index (χ3n) is 5.19. The monoisotopic (exact) mass is 410 g/mol. The lowest BCUT2D eigenvalue weighted by Crippen LogP contribution is -2.49. The molecule has 1 aromatic carbocycles. The summed E-state index contributed by atoms with van der Waals surface area (Å²) in [6.07, 6.45) is 1.45. The van der Waals surface area contributed by atoms with Gasteiger partial charge in [0.1, 0.15) is 17.2 Å². The fraction of sp³-hybridized carbons (Fsp3) is 0.526. The highest BCUT2D eigenvalue weighted by Crippen LogP contribution is 2.25. The highest BCUT2D eigenvalue weighted by Gasteiger charge is 2.27. The molecule has 0 spiro atoms. The van der Waals surface area contributed by atoms with Crippen LogP contribution in [-0.2, 0) is 16.6 Å². The zero-order valence-corrected chi connectivity index (χ0v) is 17.3. The number of nitrogens with one attached hydrogen (secondary N) is 2. The van der Waals surface area contributed by atoms with Crippen molar-refractivity contribution in [3.05, 3.63) is 35.3 Å². The van der Waals surface area contributed by atoms with Crippen molar-refractivity contribution >= 4 is 27.0 Å². The van der Waals surface area contributed by atoms with Gasteiger partial charge in [0.05, 0.1) is 12.3 Å². The molecule has 2 N–H and O–H groups in total. The first-order chi connectivity index (χ1) is 13.3. The predicted molar refractivity (Wildman–Crippen MR) is 108 cm³/mol. The normalized spacial score (nSPS) is 17.2. The summed E-state index contributed by atoms with van der Waals surface area (Å²) >= 11 is 0. The second-order valence-corrected chi connectivity index (χ2v) is 9.19. The lowest BCUT2D eigenvalue weighted by atomic mass is 10.1. The van der Waals surface area contributed by atoms with Gasteiger partial charge in [-0.1, -0.05) is 0 Å². The van der Waals surface area contributed by atoms with Gasteiger partial charge in [-0.3, -0.25) is 4.99 Å². The third kappa shape index (κ3) is 4.47. The van der Waals surface area contributed by atoms with E-state index in [1.54, 1.807) is 24.3 Å². The fourth-order valence-corrected chi connectivity index (χ4v) is 4.56. The Morgan fingerprint density at radius 2 is 2.07 bits per heavy atom. The third-order valence-corrected chi connectivity index (χ3v) is 7.07. The van der Waals surface area contributed by atoms with E-state index >= 15 is 0 Å². The average molecular weight is 411 g/mol. The number of furan rings is 1. The highest BCUT2D eigenvalue weighted by molar-refractivity contribution is 7.89. The molecule has 0 amide bonds. The van der Waals surface area contributed by atoms with E-state index in [-0.39, 0.29) is 17.6 Å². The number of rotatable bonds is 5. The number of piperidine rings is 1. The average Bonchev–Trinajstić information content (AvgIpc) is 3.00. The standard InChI is InChI=1S/C19H27FN4O3S/c1-4-28(25,26)24-9-7-15(8-10-24)23-19(21-3)22-12-18-13(2)16-11-14(20)5-6-17(16)27-18/h5-6,11,15H,4,7-10,12H2,1-3H3,(H2,21,22,23). The van der Waals surface area contributed by atoms with Crippen LogP contribution in [0.15, 0.2) is 27.6 Å². The zero-order valence-electron chi connectivity index (χ0n) is 16.5. The first-order valence-electron chi connectivity index (χ1n) is 9.46. The number of aryl methyl sites for hydroxylation is 1. The Kier molecular flexibility index (Phi) is 6.24. The van der Waals surface area contributed by atoms with E-state index in [2.05, 4.69) is 15.6 Å². The second kappa shape index (κ2) is 8.48. The number of fused-ring (bicyclic) bond motifs is 1. The number of sulfonamides is 1. The largest absolute Gasteiger partial charge is 0.459 e. The number of hydrogen-bond acceptors (Lipinski definition) is 4. The molecule has 0 bridgehead atoms. The molecule has 1 fully saturated rings. The van der Waals surface area contributed by atoms with E-state index in [1.165, 1.54) is 12.1 Å². The fourth-order valence-electron chi connectivity index (χ4n) is 3.43. The summed E-state index contributed by atoms with van der Waals surface area (Å²) in [5, 5.41) is 7.33. The van der Waals surface area contributed by atoms with E-state index < -0.39 is 10.0 Å². The van der Waals surface area contributed by atoms with Crippen molar-refractivity contribution in [3.8, 4) is 0 Å². The van der Waals surface area contributed by atoms with Crippen molar-refractivity contribution in [3.63, 3.8) is 0 Å². The smallest absolute Gasteiger partial charge is 0.213 e. The molecule has 3 rings (SSSR count). The van der Waals surface area contributed by atoms with Gasteiger partial charge in [0.2, 0.25) is 10.0 Å². The summed E-state index contributed by atoms with van der Waals surface area (Å²) in [5.74, 6) is 1.20. The van der Waals surface area contributed by atoms with Crippen LogP contribution < -0.4 is 10.6 Å². The molecule has 1 saturated heterocycles. The molecular formula is C19H27FN4O3S. The molecule has 7 nitrogen and oxygen atoms in total. The van der Waals surface area contributed by atoms with Crippen LogP contribution in [0.2, 0.25) is 0 Å². The maximum atomic E-state index is 13.5. The molecular weight excluding hydrogens is 383 g/mol. The summed E-state index contributed by atoms with van der Waals surface area (Å²) < 4.78 is 44.7. The SMILES string of the molecule is CCS(=O)(=O)N1CCC(NC(=NC)NCc2oc3ccc(F)cc3c2C)CC1. The minimum absolute atomic E-state index is 0.134. The highest BCUT2D eigenvalue weighted by atomic mass is 32.2. The Labute approximate surface area is 165 Å². The van der Waals surface area contributed by atoms with Gasteiger partial charge in [0, 0.05) is 37.1 Å². The van der Waals surface area contributed by atoms with Crippen LogP contribution in [0.25, 0.3) is 11.0 Å². The molecule has 9 heteroatoms. The molecule has 0 aliphatic carbocycles. The Bertz CT molecular complexity index is 963. The molecule has 154 valence electrons. The Hall–Kier alpha value is -2.13. The summed E-state index contributed by atoms with van der Waals surface area (Å²) in [4.78, 5) is 4.24.